The molecule has 0 atom stereocenters. The topological polar surface area (TPSA) is 9.23 Å². The molecule has 1 nitrogen and oxygen atoms in total. The second-order valence-corrected chi connectivity index (χ2v) is 5.37. The molecule has 0 aliphatic heterocycles. The number of hydrogen-bond donors (Lipinski definition) is 0. The molecule has 1 saturated carbocycles. The van der Waals surface area contributed by atoms with Crippen molar-refractivity contribution < 1.29 is 13.5 Å². The molecule has 1 fully saturated rings. The van der Waals surface area contributed by atoms with Crippen LogP contribution in [0.1, 0.15) is 56.9 Å². The van der Waals surface area contributed by atoms with Crippen LogP contribution in [0.15, 0.2) is 18.2 Å². The molecule has 0 heterocycles. The summed E-state index contributed by atoms with van der Waals surface area (Å²) in [7, 11) is 0. The first kappa shape index (κ1) is 14.4. The second-order valence-electron chi connectivity index (χ2n) is 5.37. The molecule has 3 heteroatoms. The van der Waals surface area contributed by atoms with Gasteiger partial charge in [-0.3, -0.25) is 0 Å². The van der Waals surface area contributed by atoms with Gasteiger partial charge in [0.25, 0.3) is 0 Å². The van der Waals surface area contributed by atoms with Crippen molar-refractivity contribution in [2.24, 2.45) is 0 Å². The largest absolute Gasteiger partial charge is 0.378 e. The lowest BCUT2D eigenvalue weighted by atomic mass is 9.82. The molecule has 0 aromatic heterocycles. The molecule has 0 saturated heterocycles. The molecule has 2 rings (SSSR count). The monoisotopic (exact) mass is 268 g/mol. The van der Waals surface area contributed by atoms with Crippen molar-refractivity contribution >= 4 is 0 Å². The lowest BCUT2D eigenvalue weighted by Crippen LogP contribution is -2.21. The minimum atomic E-state index is -0.764. The Hall–Kier alpha value is -0.960. The van der Waals surface area contributed by atoms with Crippen molar-refractivity contribution in [1.29, 1.82) is 0 Å². The van der Waals surface area contributed by atoms with Crippen molar-refractivity contribution in [3.63, 3.8) is 0 Å². The van der Waals surface area contributed by atoms with Crippen LogP contribution in [0.25, 0.3) is 0 Å². The molecule has 0 N–H and O–H groups in total. The van der Waals surface area contributed by atoms with Crippen molar-refractivity contribution in [1.82, 2.24) is 0 Å². The summed E-state index contributed by atoms with van der Waals surface area (Å²) >= 11 is 0. The van der Waals surface area contributed by atoms with Gasteiger partial charge in [-0.2, -0.15) is 0 Å². The second kappa shape index (κ2) is 6.99. The maximum atomic E-state index is 13.2. The lowest BCUT2D eigenvalue weighted by Gasteiger charge is -2.29. The first-order chi connectivity index (χ1) is 9.20. The van der Waals surface area contributed by atoms with E-state index in [-0.39, 0.29) is 0 Å². The number of halogens is 2. The number of hydrogen-bond acceptors (Lipinski definition) is 1. The van der Waals surface area contributed by atoms with Crippen LogP contribution in [-0.2, 0) is 4.74 Å². The quantitative estimate of drug-likeness (QED) is 0.696. The van der Waals surface area contributed by atoms with Gasteiger partial charge in [-0.1, -0.05) is 19.4 Å². The highest BCUT2D eigenvalue weighted by Crippen LogP contribution is 2.34. The Kier molecular flexibility index (Phi) is 5.32. The van der Waals surface area contributed by atoms with Gasteiger partial charge >= 0.3 is 0 Å². The minimum absolute atomic E-state index is 0.348. The molecule has 19 heavy (non-hydrogen) atoms. The third-order valence-corrected chi connectivity index (χ3v) is 3.94. The average molecular weight is 268 g/mol. The first-order valence-electron chi connectivity index (χ1n) is 7.27. The zero-order valence-electron chi connectivity index (χ0n) is 11.5. The van der Waals surface area contributed by atoms with Crippen LogP contribution >= 0.6 is 0 Å². The van der Waals surface area contributed by atoms with E-state index in [0.29, 0.717) is 12.0 Å². The van der Waals surface area contributed by atoms with Gasteiger partial charge < -0.3 is 4.74 Å². The molecule has 1 aromatic rings. The van der Waals surface area contributed by atoms with Gasteiger partial charge in [0.05, 0.1) is 6.10 Å². The molecule has 1 aromatic carbocycles. The first-order valence-corrected chi connectivity index (χ1v) is 7.27. The Labute approximate surface area is 114 Å². The maximum Gasteiger partial charge on any atom is 0.159 e. The summed E-state index contributed by atoms with van der Waals surface area (Å²) in [6, 6.07) is 4.29. The molecule has 0 bridgehead atoms. The highest BCUT2D eigenvalue weighted by molar-refractivity contribution is 5.22. The van der Waals surface area contributed by atoms with Crippen LogP contribution < -0.4 is 0 Å². The fourth-order valence-electron chi connectivity index (χ4n) is 2.72. The van der Waals surface area contributed by atoms with Crippen molar-refractivity contribution in [3.05, 3.63) is 35.4 Å². The molecule has 0 unspecified atom stereocenters. The summed E-state index contributed by atoms with van der Waals surface area (Å²) < 4.78 is 31.9. The van der Waals surface area contributed by atoms with E-state index in [1.54, 1.807) is 6.07 Å². The van der Waals surface area contributed by atoms with Crippen LogP contribution in [-0.4, -0.2) is 12.7 Å². The molecule has 0 spiro atoms. The van der Waals surface area contributed by atoms with Crippen LogP contribution in [0.3, 0.4) is 0 Å². The lowest BCUT2D eigenvalue weighted by molar-refractivity contribution is 0.0232. The van der Waals surface area contributed by atoms with E-state index in [9.17, 15) is 8.78 Å². The molecule has 1 aliphatic carbocycles. The minimum Gasteiger partial charge on any atom is -0.378 e. The molecule has 0 amide bonds. The van der Waals surface area contributed by atoms with Crippen molar-refractivity contribution in [3.8, 4) is 0 Å². The van der Waals surface area contributed by atoms with Crippen molar-refractivity contribution in [2.75, 3.05) is 6.61 Å². The summed E-state index contributed by atoms with van der Waals surface area (Å²) in [4.78, 5) is 0. The highest BCUT2D eigenvalue weighted by Gasteiger charge is 2.23. The normalized spacial score (nSPS) is 23.5. The Morgan fingerprint density at radius 2 is 1.84 bits per heavy atom. The van der Waals surface area contributed by atoms with Gasteiger partial charge in [0.1, 0.15) is 0 Å². The van der Waals surface area contributed by atoms with E-state index in [1.165, 1.54) is 12.1 Å². The van der Waals surface area contributed by atoms with E-state index >= 15 is 0 Å². The predicted molar refractivity (Wildman–Crippen MR) is 72.2 cm³/mol. The Bertz CT molecular complexity index is 398. The number of rotatable bonds is 5. The van der Waals surface area contributed by atoms with Gasteiger partial charge in [0.2, 0.25) is 0 Å². The van der Waals surface area contributed by atoms with E-state index in [1.807, 2.05) is 0 Å². The standard InChI is InChI=1S/C16H22F2O/c1-2-3-10-19-14-7-4-12(5-8-14)13-6-9-15(17)16(18)11-13/h6,9,11-12,14H,2-5,7-8,10H2,1H3/t12-,14-. The van der Waals surface area contributed by atoms with E-state index in [0.717, 1.165) is 50.7 Å². The number of ether oxygens (including phenoxy) is 1. The molecule has 1 aliphatic rings. The van der Waals surface area contributed by atoms with Gasteiger partial charge in [-0.15, -0.1) is 0 Å². The van der Waals surface area contributed by atoms with E-state index in [4.69, 9.17) is 4.74 Å². The number of benzene rings is 1. The zero-order valence-corrected chi connectivity index (χ0v) is 11.5. The van der Waals surface area contributed by atoms with E-state index in [2.05, 4.69) is 6.92 Å². The zero-order chi connectivity index (χ0) is 13.7. The fraction of sp³-hybridized carbons (Fsp3) is 0.625. The van der Waals surface area contributed by atoms with E-state index < -0.39 is 11.6 Å². The van der Waals surface area contributed by atoms with Gasteiger partial charge in [0.15, 0.2) is 11.6 Å². The molecule has 106 valence electrons. The maximum absolute atomic E-state index is 13.2. The Balaban J connectivity index is 1.84. The third kappa shape index (κ3) is 4.00. The summed E-state index contributed by atoms with van der Waals surface area (Å²) in [5.74, 6) is -1.15. The third-order valence-electron chi connectivity index (χ3n) is 3.94. The van der Waals surface area contributed by atoms with Crippen molar-refractivity contribution in [2.45, 2.75) is 57.5 Å². The summed E-state index contributed by atoms with van der Waals surface area (Å²) in [6.07, 6.45) is 6.67. The SMILES string of the molecule is CCCCO[C@H]1CC[C@H](c2ccc(F)c(F)c2)CC1. The van der Waals surface area contributed by atoms with Crippen LogP contribution in [0.2, 0.25) is 0 Å². The van der Waals surface area contributed by atoms with Crippen LogP contribution in [0.4, 0.5) is 8.78 Å². The van der Waals surface area contributed by atoms with Gasteiger partial charge in [-0.05, 0) is 55.7 Å². The van der Waals surface area contributed by atoms with Gasteiger partial charge in [-0.25, -0.2) is 8.78 Å². The number of unbranched alkanes of at least 4 members (excludes halogenated alkanes) is 1. The van der Waals surface area contributed by atoms with Gasteiger partial charge in [0, 0.05) is 6.61 Å². The summed E-state index contributed by atoms with van der Waals surface area (Å²) in [6.45, 7) is 3.00. The molecule has 0 radical (unpaired) electrons. The predicted octanol–water partition coefficient (Wildman–Crippen LogP) is 4.81. The van der Waals surface area contributed by atoms with Crippen LogP contribution in [0.5, 0.6) is 0 Å². The Morgan fingerprint density at radius 1 is 1.11 bits per heavy atom. The summed E-state index contributed by atoms with van der Waals surface area (Å²) in [5.41, 5.74) is 0.922. The smallest absolute Gasteiger partial charge is 0.159 e. The fourth-order valence-corrected chi connectivity index (χ4v) is 2.72. The summed E-state index contributed by atoms with van der Waals surface area (Å²) in [5, 5.41) is 0. The molecular formula is C16H22F2O. The Morgan fingerprint density at radius 3 is 2.47 bits per heavy atom. The molecular weight excluding hydrogens is 246 g/mol. The van der Waals surface area contributed by atoms with Crippen LogP contribution in [0, 0.1) is 11.6 Å². The highest BCUT2D eigenvalue weighted by atomic mass is 19.2. The average Bonchev–Trinajstić information content (AvgIpc) is 2.43.